The van der Waals surface area contributed by atoms with Crippen molar-refractivity contribution in [3.05, 3.63) is 96.4 Å². The van der Waals surface area contributed by atoms with Crippen LogP contribution in [0.3, 0.4) is 0 Å². The Morgan fingerprint density at radius 2 is 1.50 bits per heavy atom. The zero-order chi connectivity index (χ0) is 21.9. The molecule has 6 heteroatoms. The summed E-state index contributed by atoms with van der Waals surface area (Å²) in [6, 6.07) is 24.4. The molecule has 1 aliphatic rings. The Morgan fingerprint density at radius 3 is 2.22 bits per heavy atom. The molecule has 5 nitrogen and oxygen atoms in total. The Kier molecular flexibility index (Phi) is 5.52. The lowest BCUT2D eigenvalue weighted by Crippen LogP contribution is -2.40. The van der Waals surface area contributed by atoms with Crippen LogP contribution in [0.5, 0.6) is 0 Å². The van der Waals surface area contributed by atoms with Crippen LogP contribution in [0.15, 0.2) is 85.1 Å². The van der Waals surface area contributed by atoms with Crippen molar-refractivity contribution in [1.82, 2.24) is 14.7 Å². The molecule has 3 aromatic carbocycles. The number of nitrogens with zero attached hydrogens (tertiary/aromatic N) is 3. The maximum Gasteiger partial charge on any atom is 0.257 e. The van der Waals surface area contributed by atoms with E-state index in [9.17, 15) is 9.18 Å². The van der Waals surface area contributed by atoms with E-state index in [4.69, 9.17) is 4.74 Å². The number of benzene rings is 3. The van der Waals surface area contributed by atoms with Gasteiger partial charge in [-0.25, -0.2) is 9.07 Å². The molecule has 0 saturated carbocycles. The van der Waals surface area contributed by atoms with Gasteiger partial charge >= 0.3 is 0 Å². The van der Waals surface area contributed by atoms with Gasteiger partial charge < -0.3 is 9.64 Å². The van der Waals surface area contributed by atoms with E-state index < -0.39 is 5.82 Å². The zero-order valence-corrected chi connectivity index (χ0v) is 17.4. The number of amides is 1. The first kappa shape index (κ1) is 20.2. The third-order valence-electron chi connectivity index (χ3n) is 5.65. The number of carbonyl (C=O) groups excluding carboxylic acids is 1. The second kappa shape index (κ2) is 8.77. The fourth-order valence-electron chi connectivity index (χ4n) is 3.98. The Labute approximate surface area is 185 Å². The van der Waals surface area contributed by atoms with Crippen molar-refractivity contribution >= 4 is 5.91 Å². The standard InChI is InChI=1S/C26H22FN3O2/c27-24-9-5-4-8-22(24)25-23(26(31)29-14-16-32-17-15-29)18-28-30(25)21-12-10-20(11-13-21)19-6-2-1-3-7-19/h1-13,18H,14-17H2. The van der Waals surface area contributed by atoms with Gasteiger partial charge in [0, 0.05) is 18.7 Å². The summed E-state index contributed by atoms with van der Waals surface area (Å²) < 4.78 is 21.8. The summed E-state index contributed by atoms with van der Waals surface area (Å²) >= 11 is 0. The highest BCUT2D eigenvalue weighted by Gasteiger charge is 2.26. The monoisotopic (exact) mass is 427 g/mol. The highest BCUT2D eigenvalue weighted by atomic mass is 19.1. The second-order valence-corrected chi connectivity index (χ2v) is 7.62. The van der Waals surface area contributed by atoms with Crippen LogP contribution < -0.4 is 0 Å². The lowest BCUT2D eigenvalue weighted by Gasteiger charge is -2.27. The third-order valence-corrected chi connectivity index (χ3v) is 5.65. The van der Waals surface area contributed by atoms with Gasteiger partial charge in [0.15, 0.2) is 0 Å². The maximum absolute atomic E-state index is 14.8. The fraction of sp³-hybridized carbons (Fsp3) is 0.154. The molecule has 0 aliphatic carbocycles. The number of morpholine rings is 1. The van der Waals surface area contributed by atoms with Crippen LogP contribution in [0.1, 0.15) is 10.4 Å². The third kappa shape index (κ3) is 3.81. The van der Waals surface area contributed by atoms with Gasteiger partial charge in [-0.05, 0) is 35.4 Å². The van der Waals surface area contributed by atoms with Gasteiger partial charge in [0.2, 0.25) is 0 Å². The fourth-order valence-corrected chi connectivity index (χ4v) is 3.98. The number of halogens is 1. The molecule has 0 N–H and O–H groups in total. The molecule has 1 fully saturated rings. The van der Waals surface area contributed by atoms with Crippen LogP contribution in [-0.4, -0.2) is 46.9 Å². The summed E-state index contributed by atoms with van der Waals surface area (Å²) in [6.45, 7) is 2.00. The molecule has 0 unspecified atom stereocenters. The predicted molar refractivity (Wildman–Crippen MR) is 121 cm³/mol. The summed E-state index contributed by atoms with van der Waals surface area (Å²) in [6.07, 6.45) is 1.53. The minimum absolute atomic E-state index is 0.168. The highest BCUT2D eigenvalue weighted by Crippen LogP contribution is 2.31. The average Bonchev–Trinajstić information content (AvgIpc) is 3.30. The number of ether oxygens (including phenoxy) is 1. The number of aromatic nitrogens is 2. The zero-order valence-electron chi connectivity index (χ0n) is 17.4. The van der Waals surface area contributed by atoms with Gasteiger partial charge in [-0.2, -0.15) is 5.10 Å². The molecule has 0 spiro atoms. The average molecular weight is 427 g/mol. The van der Waals surface area contributed by atoms with Crippen LogP contribution in [0, 0.1) is 5.82 Å². The molecule has 1 aliphatic heterocycles. The molecule has 1 saturated heterocycles. The molecule has 1 amide bonds. The molecule has 32 heavy (non-hydrogen) atoms. The van der Waals surface area contributed by atoms with Crippen LogP contribution >= 0.6 is 0 Å². The first-order chi connectivity index (χ1) is 15.7. The van der Waals surface area contributed by atoms with Crippen molar-refractivity contribution in [1.29, 1.82) is 0 Å². The molecule has 5 rings (SSSR count). The molecule has 160 valence electrons. The molecule has 4 aromatic rings. The van der Waals surface area contributed by atoms with Crippen molar-refractivity contribution in [3.8, 4) is 28.1 Å². The normalized spacial score (nSPS) is 13.8. The summed E-state index contributed by atoms with van der Waals surface area (Å²) in [7, 11) is 0. The summed E-state index contributed by atoms with van der Waals surface area (Å²) in [5.41, 5.74) is 4.10. The van der Waals surface area contributed by atoms with Gasteiger partial charge in [-0.1, -0.05) is 54.6 Å². The van der Waals surface area contributed by atoms with E-state index in [1.807, 2.05) is 54.6 Å². The van der Waals surface area contributed by atoms with E-state index in [2.05, 4.69) is 5.10 Å². The molecule has 2 heterocycles. The van der Waals surface area contributed by atoms with E-state index >= 15 is 0 Å². The largest absolute Gasteiger partial charge is 0.378 e. The Hall–Kier alpha value is -3.77. The minimum atomic E-state index is -0.397. The van der Waals surface area contributed by atoms with Crippen LogP contribution in [-0.2, 0) is 4.74 Å². The summed E-state index contributed by atoms with van der Waals surface area (Å²) in [5, 5.41) is 4.49. The van der Waals surface area contributed by atoms with Crippen molar-refractivity contribution in [2.45, 2.75) is 0 Å². The van der Waals surface area contributed by atoms with Crippen molar-refractivity contribution < 1.29 is 13.9 Å². The minimum Gasteiger partial charge on any atom is -0.378 e. The van der Waals surface area contributed by atoms with E-state index in [0.29, 0.717) is 43.1 Å². The van der Waals surface area contributed by atoms with Crippen LogP contribution in [0.2, 0.25) is 0 Å². The SMILES string of the molecule is O=C(c1cnn(-c2ccc(-c3ccccc3)cc2)c1-c1ccccc1F)N1CCOCC1. The first-order valence-electron chi connectivity index (χ1n) is 10.6. The van der Waals surface area contributed by atoms with Gasteiger partial charge in [-0.15, -0.1) is 0 Å². The molecule has 0 radical (unpaired) electrons. The number of hydrogen-bond acceptors (Lipinski definition) is 3. The smallest absolute Gasteiger partial charge is 0.257 e. The lowest BCUT2D eigenvalue weighted by atomic mass is 10.0. The Bertz CT molecular complexity index is 1230. The van der Waals surface area contributed by atoms with Gasteiger partial charge in [0.25, 0.3) is 5.91 Å². The first-order valence-corrected chi connectivity index (χ1v) is 10.6. The number of rotatable bonds is 4. The number of hydrogen-bond donors (Lipinski definition) is 0. The summed E-state index contributed by atoms with van der Waals surface area (Å²) in [4.78, 5) is 15.0. The second-order valence-electron chi connectivity index (χ2n) is 7.62. The van der Waals surface area contributed by atoms with Gasteiger partial charge in [0.1, 0.15) is 5.82 Å². The summed E-state index contributed by atoms with van der Waals surface area (Å²) in [5.74, 6) is -0.565. The predicted octanol–water partition coefficient (Wildman–Crippen LogP) is 4.82. The highest BCUT2D eigenvalue weighted by molar-refractivity contribution is 6.00. The van der Waals surface area contributed by atoms with E-state index in [-0.39, 0.29) is 5.91 Å². The molecule has 1 aromatic heterocycles. The van der Waals surface area contributed by atoms with Crippen LogP contribution in [0.25, 0.3) is 28.1 Å². The topological polar surface area (TPSA) is 47.4 Å². The molecule has 0 bridgehead atoms. The lowest BCUT2D eigenvalue weighted by molar-refractivity contribution is 0.0303. The number of carbonyl (C=O) groups is 1. The van der Waals surface area contributed by atoms with E-state index in [1.54, 1.807) is 27.8 Å². The van der Waals surface area contributed by atoms with Gasteiger partial charge in [-0.3, -0.25) is 4.79 Å². The molecule has 0 atom stereocenters. The molecular weight excluding hydrogens is 405 g/mol. The quantitative estimate of drug-likeness (QED) is 0.469. The molecular formula is C26H22FN3O2. The van der Waals surface area contributed by atoms with E-state index in [1.165, 1.54) is 12.3 Å². The van der Waals surface area contributed by atoms with Crippen molar-refractivity contribution in [3.63, 3.8) is 0 Å². The van der Waals surface area contributed by atoms with Crippen molar-refractivity contribution in [2.24, 2.45) is 0 Å². The van der Waals surface area contributed by atoms with Crippen LogP contribution in [0.4, 0.5) is 4.39 Å². The Morgan fingerprint density at radius 1 is 0.844 bits per heavy atom. The van der Waals surface area contributed by atoms with E-state index in [0.717, 1.165) is 16.8 Å². The maximum atomic E-state index is 14.8. The van der Waals surface area contributed by atoms with Gasteiger partial charge in [0.05, 0.1) is 36.4 Å². The Balaban J connectivity index is 1.59. The van der Waals surface area contributed by atoms with Crippen molar-refractivity contribution in [2.75, 3.05) is 26.3 Å².